The number of hydrogen-bond donors (Lipinski definition) is 1. The molecular weight excluding hydrogens is 212 g/mol. The Bertz CT molecular complexity index is 337. The van der Waals surface area contributed by atoms with E-state index in [-0.39, 0.29) is 0 Å². The number of rotatable bonds is 5. The highest BCUT2D eigenvalue weighted by Crippen LogP contribution is 2.15. The van der Waals surface area contributed by atoms with Gasteiger partial charge in [0.25, 0.3) is 0 Å². The molecule has 2 rings (SSSR count). The molecule has 0 spiro atoms. The number of nitrogens with two attached hydrogens (primary N) is 1. The van der Waals surface area contributed by atoms with Gasteiger partial charge >= 0.3 is 0 Å². The Labute approximate surface area is 104 Å². The summed E-state index contributed by atoms with van der Waals surface area (Å²) in [4.78, 5) is 2.45. The molecule has 1 heterocycles. The zero-order chi connectivity index (χ0) is 12.1. The van der Waals surface area contributed by atoms with Crippen LogP contribution in [0.2, 0.25) is 0 Å². The van der Waals surface area contributed by atoms with E-state index in [0.29, 0.717) is 6.10 Å². The molecule has 1 atom stereocenters. The van der Waals surface area contributed by atoms with Crippen LogP contribution in [0.25, 0.3) is 0 Å². The van der Waals surface area contributed by atoms with E-state index in [1.807, 2.05) is 0 Å². The summed E-state index contributed by atoms with van der Waals surface area (Å²) in [6, 6.07) is 8.80. The van der Waals surface area contributed by atoms with Crippen LogP contribution in [-0.2, 0) is 17.7 Å². The maximum Gasteiger partial charge on any atom is 0.0710 e. The zero-order valence-corrected chi connectivity index (χ0v) is 10.6. The van der Waals surface area contributed by atoms with Crippen LogP contribution in [0.4, 0.5) is 0 Å². The van der Waals surface area contributed by atoms with E-state index >= 15 is 0 Å². The lowest BCUT2D eigenvalue weighted by Gasteiger charge is -2.15. The highest BCUT2D eigenvalue weighted by molar-refractivity contribution is 5.22. The third kappa shape index (κ3) is 3.53. The Morgan fingerprint density at radius 2 is 2.00 bits per heavy atom. The molecule has 0 aliphatic carbocycles. The summed E-state index contributed by atoms with van der Waals surface area (Å²) in [6.07, 6.45) is 2.55. The average Bonchev–Trinajstić information content (AvgIpc) is 2.80. The molecule has 3 nitrogen and oxygen atoms in total. The van der Waals surface area contributed by atoms with Crippen molar-refractivity contribution in [3.63, 3.8) is 0 Å². The lowest BCUT2D eigenvalue weighted by Crippen LogP contribution is -2.22. The monoisotopic (exact) mass is 234 g/mol. The first-order valence-electron chi connectivity index (χ1n) is 6.35. The summed E-state index contributed by atoms with van der Waals surface area (Å²) in [6.45, 7) is 3.95. The second-order valence-corrected chi connectivity index (χ2v) is 4.74. The van der Waals surface area contributed by atoms with E-state index in [2.05, 4.69) is 29.2 Å². The molecule has 0 radical (unpaired) electrons. The van der Waals surface area contributed by atoms with Gasteiger partial charge in [-0.2, -0.15) is 0 Å². The summed E-state index contributed by atoms with van der Waals surface area (Å²) < 4.78 is 5.37. The van der Waals surface area contributed by atoms with Gasteiger partial charge in [0.1, 0.15) is 0 Å². The van der Waals surface area contributed by atoms with Gasteiger partial charge in [0, 0.05) is 26.7 Å². The second kappa shape index (κ2) is 6.15. The van der Waals surface area contributed by atoms with Gasteiger partial charge in [-0.25, -0.2) is 0 Å². The van der Waals surface area contributed by atoms with E-state index in [0.717, 1.165) is 39.0 Å². The Hall–Kier alpha value is -0.900. The molecule has 1 saturated heterocycles. The smallest absolute Gasteiger partial charge is 0.0710 e. The molecule has 94 valence electrons. The SMILES string of the molecule is COC1CCN(Cc2ccc(CCN)cc2)C1. The van der Waals surface area contributed by atoms with Crippen molar-refractivity contribution in [1.29, 1.82) is 0 Å². The summed E-state index contributed by atoms with van der Waals surface area (Å²) in [5.74, 6) is 0. The molecule has 1 unspecified atom stereocenters. The molecule has 0 amide bonds. The number of likely N-dealkylation sites (tertiary alicyclic amines) is 1. The predicted molar refractivity (Wildman–Crippen MR) is 69.9 cm³/mol. The van der Waals surface area contributed by atoms with Crippen molar-refractivity contribution in [2.24, 2.45) is 5.73 Å². The van der Waals surface area contributed by atoms with Crippen molar-refractivity contribution < 1.29 is 4.74 Å². The lowest BCUT2D eigenvalue weighted by molar-refractivity contribution is 0.107. The van der Waals surface area contributed by atoms with Gasteiger partial charge in [-0.05, 0) is 30.5 Å². The van der Waals surface area contributed by atoms with Crippen LogP contribution < -0.4 is 5.73 Å². The molecule has 0 bridgehead atoms. The van der Waals surface area contributed by atoms with Crippen LogP contribution in [0.5, 0.6) is 0 Å². The lowest BCUT2D eigenvalue weighted by atomic mass is 10.1. The first-order valence-corrected chi connectivity index (χ1v) is 6.35. The summed E-state index contributed by atoms with van der Waals surface area (Å²) in [7, 11) is 1.80. The minimum atomic E-state index is 0.423. The van der Waals surface area contributed by atoms with Crippen molar-refractivity contribution in [2.45, 2.75) is 25.5 Å². The van der Waals surface area contributed by atoms with Crippen LogP contribution in [0.3, 0.4) is 0 Å². The first kappa shape index (κ1) is 12.6. The van der Waals surface area contributed by atoms with E-state index in [9.17, 15) is 0 Å². The van der Waals surface area contributed by atoms with Crippen LogP contribution in [0, 0.1) is 0 Å². The topological polar surface area (TPSA) is 38.5 Å². The molecule has 0 aromatic heterocycles. The van der Waals surface area contributed by atoms with Crippen molar-refractivity contribution in [2.75, 3.05) is 26.7 Å². The standard InChI is InChI=1S/C14H22N2O/c1-17-14-7-9-16(11-14)10-13-4-2-12(3-5-13)6-8-15/h2-5,14H,6-11,15H2,1H3. The van der Waals surface area contributed by atoms with Crippen LogP contribution in [0.1, 0.15) is 17.5 Å². The van der Waals surface area contributed by atoms with E-state index in [1.54, 1.807) is 7.11 Å². The van der Waals surface area contributed by atoms with Crippen molar-refractivity contribution >= 4 is 0 Å². The molecular formula is C14H22N2O. The Balaban J connectivity index is 1.86. The van der Waals surface area contributed by atoms with Gasteiger partial charge in [-0.3, -0.25) is 4.90 Å². The normalized spacial score (nSPS) is 20.9. The third-order valence-electron chi connectivity index (χ3n) is 3.42. The molecule has 17 heavy (non-hydrogen) atoms. The fraction of sp³-hybridized carbons (Fsp3) is 0.571. The average molecular weight is 234 g/mol. The predicted octanol–water partition coefficient (Wildman–Crippen LogP) is 1.41. The van der Waals surface area contributed by atoms with E-state index < -0.39 is 0 Å². The number of benzene rings is 1. The summed E-state index contributed by atoms with van der Waals surface area (Å²) in [5.41, 5.74) is 8.24. The van der Waals surface area contributed by atoms with Crippen LogP contribution in [0.15, 0.2) is 24.3 Å². The highest BCUT2D eigenvalue weighted by atomic mass is 16.5. The van der Waals surface area contributed by atoms with Crippen molar-refractivity contribution in [3.05, 3.63) is 35.4 Å². The van der Waals surface area contributed by atoms with Gasteiger partial charge in [-0.15, -0.1) is 0 Å². The Morgan fingerprint density at radius 3 is 2.59 bits per heavy atom. The van der Waals surface area contributed by atoms with Crippen LogP contribution in [-0.4, -0.2) is 37.7 Å². The van der Waals surface area contributed by atoms with E-state index in [1.165, 1.54) is 11.1 Å². The molecule has 0 saturated carbocycles. The number of nitrogens with zero attached hydrogens (tertiary/aromatic N) is 1. The molecule has 1 aliphatic heterocycles. The van der Waals surface area contributed by atoms with Gasteiger partial charge in [0.2, 0.25) is 0 Å². The zero-order valence-electron chi connectivity index (χ0n) is 10.6. The molecule has 2 N–H and O–H groups in total. The summed E-state index contributed by atoms with van der Waals surface area (Å²) in [5, 5.41) is 0. The fourth-order valence-corrected chi connectivity index (χ4v) is 2.37. The third-order valence-corrected chi connectivity index (χ3v) is 3.42. The highest BCUT2D eigenvalue weighted by Gasteiger charge is 2.21. The molecule has 1 aromatic rings. The molecule has 1 fully saturated rings. The second-order valence-electron chi connectivity index (χ2n) is 4.74. The minimum absolute atomic E-state index is 0.423. The fourth-order valence-electron chi connectivity index (χ4n) is 2.37. The van der Waals surface area contributed by atoms with E-state index in [4.69, 9.17) is 10.5 Å². The van der Waals surface area contributed by atoms with Gasteiger partial charge < -0.3 is 10.5 Å². The van der Waals surface area contributed by atoms with Crippen molar-refractivity contribution in [1.82, 2.24) is 4.90 Å². The number of ether oxygens (including phenoxy) is 1. The summed E-state index contributed by atoms with van der Waals surface area (Å²) >= 11 is 0. The molecule has 3 heteroatoms. The van der Waals surface area contributed by atoms with Gasteiger partial charge in [0.05, 0.1) is 6.10 Å². The first-order chi connectivity index (χ1) is 8.31. The Morgan fingerprint density at radius 1 is 1.29 bits per heavy atom. The number of methoxy groups -OCH3 is 1. The largest absolute Gasteiger partial charge is 0.380 e. The Kier molecular flexibility index (Phi) is 4.54. The minimum Gasteiger partial charge on any atom is -0.380 e. The molecule has 1 aromatic carbocycles. The molecule has 1 aliphatic rings. The quantitative estimate of drug-likeness (QED) is 0.837. The van der Waals surface area contributed by atoms with Crippen molar-refractivity contribution in [3.8, 4) is 0 Å². The van der Waals surface area contributed by atoms with Gasteiger partial charge in [0.15, 0.2) is 0 Å². The maximum absolute atomic E-state index is 5.54. The van der Waals surface area contributed by atoms with Gasteiger partial charge in [-0.1, -0.05) is 24.3 Å². The number of hydrogen-bond acceptors (Lipinski definition) is 3. The maximum atomic E-state index is 5.54. The van der Waals surface area contributed by atoms with Crippen LogP contribution >= 0.6 is 0 Å².